The standard InChI is InChI=1S/C27H29N3O4S/c1-3-34-27(33)23-17-9-4-5-12-20(17)35-26(23)30-25(32)21-15(2)29-18-10-6-11-19(31)24(18)22(21)16-8-7-13-28-14-16/h7-8,13-14,22,29H,3-6,9-12H2,1-2H3,(H,30,32)/t22-/m1/s1. The first-order chi connectivity index (χ1) is 17.0. The number of ketones is 1. The first-order valence-corrected chi connectivity index (χ1v) is 13.1. The lowest BCUT2D eigenvalue weighted by Gasteiger charge is -2.34. The van der Waals surface area contributed by atoms with Gasteiger partial charge >= 0.3 is 5.97 Å². The van der Waals surface area contributed by atoms with E-state index in [4.69, 9.17) is 4.74 Å². The Bertz CT molecular complexity index is 1260. The highest BCUT2D eigenvalue weighted by Crippen LogP contribution is 2.43. The second kappa shape index (κ2) is 9.77. The molecule has 2 aliphatic carbocycles. The van der Waals surface area contributed by atoms with Crippen LogP contribution in [0.2, 0.25) is 0 Å². The lowest BCUT2D eigenvalue weighted by atomic mass is 9.75. The van der Waals surface area contributed by atoms with E-state index in [-0.39, 0.29) is 18.3 Å². The van der Waals surface area contributed by atoms with E-state index in [0.717, 1.165) is 60.2 Å². The van der Waals surface area contributed by atoms with Crippen molar-refractivity contribution in [3.63, 3.8) is 0 Å². The van der Waals surface area contributed by atoms with Crippen LogP contribution in [0.4, 0.5) is 5.00 Å². The number of allylic oxidation sites excluding steroid dienone is 3. The van der Waals surface area contributed by atoms with Crippen molar-refractivity contribution >= 4 is 34.0 Å². The summed E-state index contributed by atoms with van der Waals surface area (Å²) in [7, 11) is 0. The molecule has 2 aromatic rings. The Labute approximate surface area is 208 Å². The van der Waals surface area contributed by atoms with E-state index in [2.05, 4.69) is 15.6 Å². The summed E-state index contributed by atoms with van der Waals surface area (Å²) in [5, 5.41) is 6.91. The monoisotopic (exact) mass is 491 g/mol. The Morgan fingerprint density at radius 1 is 1.20 bits per heavy atom. The van der Waals surface area contributed by atoms with Gasteiger partial charge in [0.15, 0.2) is 5.78 Å². The number of aromatic nitrogens is 1. The number of amides is 1. The molecular weight excluding hydrogens is 462 g/mol. The molecule has 1 aliphatic heterocycles. The normalized spacial score (nSPS) is 19.6. The van der Waals surface area contributed by atoms with Gasteiger partial charge in [0.25, 0.3) is 5.91 Å². The van der Waals surface area contributed by atoms with Gasteiger partial charge in [-0.3, -0.25) is 14.6 Å². The summed E-state index contributed by atoms with van der Waals surface area (Å²) >= 11 is 1.46. The summed E-state index contributed by atoms with van der Waals surface area (Å²) in [6.45, 7) is 3.92. The molecule has 1 amide bonds. The lowest BCUT2D eigenvalue weighted by Crippen LogP contribution is -2.35. The highest BCUT2D eigenvalue weighted by atomic mass is 32.1. The second-order valence-electron chi connectivity index (χ2n) is 9.14. The van der Waals surface area contributed by atoms with Gasteiger partial charge in [-0.15, -0.1) is 11.3 Å². The van der Waals surface area contributed by atoms with E-state index >= 15 is 0 Å². The molecule has 5 rings (SSSR count). The van der Waals surface area contributed by atoms with Crippen LogP contribution in [-0.2, 0) is 27.2 Å². The van der Waals surface area contributed by atoms with Crippen molar-refractivity contribution in [3.05, 3.63) is 68.6 Å². The molecule has 0 saturated carbocycles. The molecule has 0 radical (unpaired) electrons. The van der Waals surface area contributed by atoms with E-state index in [0.29, 0.717) is 33.8 Å². The fourth-order valence-electron chi connectivity index (χ4n) is 5.41. The maximum absolute atomic E-state index is 13.9. The molecule has 7 nitrogen and oxygen atoms in total. The van der Waals surface area contributed by atoms with Gasteiger partial charge in [0.05, 0.1) is 12.2 Å². The van der Waals surface area contributed by atoms with Crippen LogP contribution in [0.5, 0.6) is 0 Å². The quantitative estimate of drug-likeness (QED) is 0.583. The minimum Gasteiger partial charge on any atom is -0.462 e. The fourth-order valence-corrected chi connectivity index (χ4v) is 6.68. The summed E-state index contributed by atoms with van der Waals surface area (Å²) in [4.78, 5) is 45.2. The largest absolute Gasteiger partial charge is 0.462 e. The van der Waals surface area contributed by atoms with Gasteiger partial charge in [0.2, 0.25) is 0 Å². The second-order valence-corrected chi connectivity index (χ2v) is 10.2. The van der Waals surface area contributed by atoms with Crippen LogP contribution in [0.1, 0.15) is 78.2 Å². The zero-order valence-corrected chi connectivity index (χ0v) is 20.8. The van der Waals surface area contributed by atoms with Crippen molar-refractivity contribution in [3.8, 4) is 0 Å². The number of hydrogen-bond acceptors (Lipinski definition) is 7. The topological polar surface area (TPSA) is 97.4 Å². The number of nitrogens with zero attached hydrogens (tertiary/aromatic N) is 1. The van der Waals surface area contributed by atoms with Crippen molar-refractivity contribution in [2.24, 2.45) is 0 Å². The SMILES string of the molecule is CCOC(=O)c1c(NC(=O)C2=C(C)NC3=C(C(=O)CCC3)[C@@H]2c2cccnc2)sc2c1CCCC2. The van der Waals surface area contributed by atoms with Crippen molar-refractivity contribution in [1.29, 1.82) is 0 Å². The summed E-state index contributed by atoms with van der Waals surface area (Å²) in [5.41, 5.74) is 5.01. The Balaban J connectivity index is 1.55. The maximum atomic E-state index is 13.9. The molecular formula is C27H29N3O4S. The minimum absolute atomic E-state index is 0.0594. The molecule has 3 heterocycles. The van der Waals surface area contributed by atoms with Crippen LogP contribution in [0.15, 0.2) is 47.1 Å². The van der Waals surface area contributed by atoms with Crippen LogP contribution in [0, 0.1) is 0 Å². The van der Waals surface area contributed by atoms with Crippen molar-refractivity contribution in [1.82, 2.24) is 10.3 Å². The van der Waals surface area contributed by atoms with E-state index in [1.54, 1.807) is 19.3 Å². The number of nitrogens with one attached hydrogen (secondary N) is 2. The van der Waals surface area contributed by atoms with Crippen molar-refractivity contribution in [2.75, 3.05) is 11.9 Å². The van der Waals surface area contributed by atoms with E-state index in [1.165, 1.54) is 11.3 Å². The third-order valence-electron chi connectivity index (χ3n) is 6.92. The van der Waals surface area contributed by atoms with Gasteiger partial charge in [-0.1, -0.05) is 6.07 Å². The van der Waals surface area contributed by atoms with E-state index in [9.17, 15) is 14.4 Å². The summed E-state index contributed by atoms with van der Waals surface area (Å²) in [5.74, 6) is -1.17. The third-order valence-corrected chi connectivity index (χ3v) is 8.12. The predicted molar refractivity (Wildman–Crippen MR) is 134 cm³/mol. The predicted octanol–water partition coefficient (Wildman–Crippen LogP) is 4.81. The molecule has 3 aliphatic rings. The average molecular weight is 492 g/mol. The number of aryl methyl sites for hydroxylation is 1. The number of anilines is 1. The number of thiophene rings is 1. The number of hydrogen-bond donors (Lipinski definition) is 2. The number of dihydropyridines is 1. The minimum atomic E-state index is -0.506. The molecule has 2 N–H and O–H groups in total. The zero-order valence-electron chi connectivity index (χ0n) is 20.0. The molecule has 0 fully saturated rings. The molecule has 35 heavy (non-hydrogen) atoms. The van der Waals surface area contributed by atoms with Gasteiger partial charge in [-0.05, 0) is 69.6 Å². The third kappa shape index (κ3) is 4.31. The van der Waals surface area contributed by atoms with Crippen LogP contribution < -0.4 is 10.6 Å². The Morgan fingerprint density at radius 2 is 2.03 bits per heavy atom. The maximum Gasteiger partial charge on any atom is 0.341 e. The number of esters is 1. The molecule has 1 atom stereocenters. The van der Waals surface area contributed by atoms with Crippen LogP contribution >= 0.6 is 11.3 Å². The lowest BCUT2D eigenvalue weighted by molar-refractivity contribution is -0.116. The van der Waals surface area contributed by atoms with Crippen LogP contribution in [0.3, 0.4) is 0 Å². The Morgan fingerprint density at radius 3 is 2.80 bits per heavy atom. The molecule has 2 aromatic heterocycles. The van der Waals surface area contributed by atoms with Crippen LogP contribution in [0.25, 0.3) is 0 Å². The number of Topliss-reactive ketones (excluding diaryl/α,β-unsaturated/α-hetero) is 1. The molecule has 182 valence electrons. The van der Waals surface area contributed by atoms with E-state index in [1.807, 2.05) is 19.1 Å². The molecule has 0 unspecified atom stereocenters. The first kappa shape index (κ1) is 23.5. The number of ether oxygens (including phenoxy) is 1. The highest BCUT2D eigenvalue weighted by Gasteiger charge is 2.39. The van der Waals surface area contributed by atoms with Gasteiger partial charge in [-0.2, -0.15) is 0 Å². The number of rotatable bonds is 5. The van der Waals surface area contributed by atoms with Gasteiger partial charge in [0.1, 0.15) is 5.00 Å². The molecule has 0 aromatic carbocycles. The smallest absolute Gasteiger partial charge is 0.341 e. The Kier molecular flexibility index (Phi) is 6.56. The number of carbonyl (C=O) groups excluding carboxylic acids is 3. The number of fused-ring (bicyclic) bond motifs is 1. The van der Waals surface area contributed by atoms with Gasteiger partial charge < -0.3 is 15.4 Å². The van der Waals surface area contributed by atoms with E-state index < -0.39 is 11.9 Å². The van der Waals surface area contributed by atoms with Crippen molar-refractivity contribution in [2.45, 2.75) is 64.7 Å². The Hall–Kier alpha value is -3.26. The van der Waals surface area contributed by atoms with Crippen molar-refractivity contribution < 1.29 is 19.1 Å². The molecule has 0 spiro atoms. The van der Waals surface area contributed by atoms with Gasteiger partial charge in [-0.25, -0.2) is 4.79 Å². The van der Waals surface area contributed by atoms with Crippen LogP contribution in [-0.4, -0.2) is 29.3 Å². The van der Waals surface area contributed by atoms with Gasteiger partial charge in [0, 0.05) is 52.1 Å². The average Bonchev–Trinajstić information content (AvgIpc) is 3.21. The molecule has 0 bridgehead atoms. The molecule has 8 heteroatoms. The fraction of sp³-hybridized carbons (Fsp3) is 0.407. The molecule has 0 saturated heterocycles. The zero-order chi connectivity index (χ0) is 24.5. The first-order valence-electron chi connectivity index (χ1n) is 12.3. The summed E-state index contributed by atoms with van der Waals surface area (Å²) < 4.78 is 5.35. The highest BCUT2D eigenvalue weighted by molar-refractivity contribution is 7.17. The summed E-state index contributed by atoms with van der Waals surface area (Å²) in [6.07, 6.45) is 9.22. The number of pyridine rings is 1. The number of carbonyl (C=O) groups is 3. The summed E-state index contributed by atoms with van der Waals surface area (Å²) in [6, 6.07) is 3.73.